The van der Waals surface area contributed by atoms with Crippen LogP contribution < -0.4 is 20.5 Å². The molecule has 0 spiro atoms. The Morgan fingerprint density at radius 3 is 2.95 bits per heavy atom. The third-order valence-corrected chi connectivity index (χ3v) is 3.08. The highest BCUT2D eigenvalue weighted by atomic mass is 16.6. The summed E-state index contributed by atoms with van der Waals surface area (Å²) >= 11 is 0. The van der Waals surface area contributed by atoms with Gasteiger partial charge in [-0.05, 0) is 25.0 Å². The molecule has 4 N–H and O–H groups in total. The highest BCUT2D eigenvalue weighted by molar-refractivity contribution is 5.97. The van der Waals surface area contributed by atoms with Crippen molar-refractivity contribution in [1.29, 1.82) is 0 Å². The fourth-order valence-corrected chi connectivity index (χ4v) is 2.03. The van der Waals surface area contributed by atoms with Gasteiger partial charge in [-0.25, -0.2) is 0 Å². The van der Waals surface area contributed by atoms with Crippen LogP contribution in [0, 0.1) is 0 Å². The average Bonchev–Trinajstić information content (AvgIpc) is 2.53. The van der Waals surface area contributed by atoms with E-state index in [0.717, 1.165) is 12.8 Å². The number of fused-ring (bicyclic) bond motifs is 1. The molecule has 0 unspecified atom stereocenters. The van der Waals surface area contributed by atoms with Gasteiger partial charge in [0.25, 0.3) is 5.91 Å². The number of nitrogens with one attached hydrogen (secondary N) is 1. The van der Waals surface area contributed by atoms with Crippen LogP contribution in [0.15, 0.2) is 23.4 Å². The lowest BCUT2D eigenvalue weighted by atomic mass is 10.1. The Hall–Kier alpha value is -2.44. The van der Waals surface area contributed by atoms with Gasteiger partial charge in [-0.15, -0.1) is 0 Å². The highest BCUT2D eigenvalue weighted by Gasteiger charge is 2.19. The zero-order valence-corrected chi connectivity index (χ0v) is 11.7. The van der Waals surface area contributed by atoms with Gasteiger partial charge < -0.3 is 25.7 Å². The molecule has 0 saturated carbocycles. The van der Waals surface area contributed by atoms with Crippen LogP contribution in [0.4, 0.5) is 0 Å². The van der Waals surface area contributed by atoms with Crippen molar-refractivity contribution in [2.24, 2.45) is 10.9 Å². The quantitative estimate of drug-likeness (QED) is 0.239. The number of carbonyl (C=O) groups excluding carboxylic acids is 1. The highest BCUT2D eigenvalue weighted by Crippen LogP contribution is 2.33. The Morgan fingerprint density at radius 2 is 2.14 bits per heavy atom. The van der Waals surface area contributed by atoms with Crippen molar-refractivity contribution >= 4 is 11.7 Å². The number of amidine groups is 1. The molecule has 1 aliphatic rings. The summed E-state index contributed by atoms with van der Waals surface area (Å²) in [5, 5.41) is 14.1. The molecule has 0 aliphatic carbocycles. The van der Waals surface area contributed by atoms with Gasteiger partial charge >= 0.3 is 0 Å². The summed E-state index contributed by atoms with van der Waals surface area (Å²) in [6, 6.07) is 5.25. The Balaban J connectivity index is 1.84. The minimum Gasteiger partial charge on any atom is -0.486 e. The van der Waals surface area contributed by atoms with Crippen LogP contribution in [0.5, 0.6) is 11.5 Å². The van der Waals surface area contributed by atoms with E-state index in [1.165, 1.54) is 0 Å². The van der Waals surface area contributed by atoms with Gasteiger partial charge in [0.2, 0.25) is 0 Å². The SMILES string of the molecule is NC(CCCCNC(=O)c1cccc2c1OCCO2)=NO. The maximum Gasteiger partial charge on any atom is 0.255 e. The van der Waals surface area contributed by atoms with Crippen LogP contribution in [0.1, 0.15) is 29.6 Å². The van der Waals surface area contributed by atoms with Crippen molar-refractivity contribution in [3.63, 3.8) is 0 Å². The van der Waals surface area contributed by atoms with Crippen LogP contribution in [-0.2, 0) is 0 Å². The fourth-order valence-electron chi connectivity index (χ4n) is 2.03. The van der Waals surface area contributed by atoms with Crippen molar-refractivity contribution < 1.29 is 19.5 Å². The van der Waals surface area contributed by atoms with Gasteiger partial charge in [0.15, 0.2) is 11.5 Å². The maximum atomic E-state index is 12.1. The minimum absolute atomic E-state index is 0.193. The van der Waals surface area contributed by atoms with Crippen LogP contribution in [0.2, 0.25) is 0 Å². The number of para-hydroxylation sites is 1. The lowest BCUT2D eigenvalue weighted by molar-refractivity contribution is 0.0942. The molecule has 1 heterocycles. The Morgan fingerprint density at radius 1 is 1.33 bits per heavy atom. The summed E-state index contributed by atoms with van der Waals surface area (Å²) in [7, 11) is 0. The summed E-state index contributed by atoms with van der Waals surface area (Å²) in [4.78, 5) is 12.1. The van der Waals surface area contributed by atoms with Crippen molar-refractivity contribution in [2.75, 3.05) is 19.8 Å². The van der Waals surface area contributed by atoms with E-state index in [-0.39, 0.29) is 11.7 Å². The largest absolute Gasteiger partial charge is 0.486 e. The molecular formula is C14H19N3O4. The van der Waals surface area contributed by atoms with Crippen LogP contribution >= 0.6 is 0 Å². The third kappa shape index (κ3) is 4.01. The van der Waals surface area contributed by atoms with Gasteiger partial charge in [0.05, 0.1) is 5.56 Å². The number of oxime groups is 1. The molecule has 21 heavy (non-hydrogen) atoms. The summed E-state index contributed by atoms with van der Waals surface area (Å²) in [5.74, 6) is 1.10. The molecule has 7 nitrogen and oxygen atoms in total. The lowest BCUT2D eigenvalue weighted by Gasteiger charge is -2.20. The molecule has 2 rings (SSSR count). The van der Waals surface area contributed by atoms with Crippen LogP contribution in [0.25, 0.3) is 0 Å². The molecule has 1 aliphatic heterocycles. The molecule has 0 bridgehead atoms. The van der Waals surface area contributed by atoms with Gasteiger partial charge in [-0.3, -0.25) is 4.79 Å². The zero-order chi connectivity index (χ0) is 15.1. The molecule has 114 valence electrons. The Kier molecular flexibility index (Phi) is 5.25. The Bertz CT molecular complexity index is 531. The third-order valence-electron chi connectivity index (χ3n) is 3.08. The number of nitrogens with zero attached hydrogens (tertiary/aromatic N) is 1. The first-order chi connectivity index (χ1) is 10.2. The van der Waals surface area contributed by atoms with Crippen LogP contribution in [0.3, 0.4) is 0 Å². The topological polar surface area (TPSA) is 106 Å². The summed E-state index contributed by atoms with van der Waals surface area (Å²) in [6.45, 7) is 1.45. The van der Waals surface area contributed by atoms with E-state index in [0.29, 0.717) is 43.2 Å². The van der Waals surface area contributed by atoms with Gasteiger partial charge in [0.1, 0.15) is 19.0 Å². The summed E-state index contributed by atoms with van der Waals surface area (Å²) in [6.07, 6.45) is 1.99. The smallest absolute Gasteiger partial charge is 0.255 e. The number of benzene rings is 1. The van der Waals surface area contributed by atoms with E-state index in [1.54, 1.807) is 18.2 Å². The number of rotatable bonds is 6. The normalized spacial score (nSPS) is 13.8. The van der Waals surface area contributed by atoms with Crippen molar-refractivity contribution in [2.45, 2.75) is 19.3 Å². The van der Waals surface area contributed by atoms with Crippen molar-refractivity contribution in [3.05, 3.63) is 23.8 Å². The summed E-state index contributed by atoms with van der Waals surface area (Å²) in [5.41, 5.74) is 5.84. The molecule has 0 aromatic heterocycles. The maximum absolute atomic E-state index is 12.1. The molecule has 0 atom stereocenters. The first-order valence-electron chi connectivity index (χ1n) is 6.85. The standard InChI is InChI=1S/C14H19N3O4/c15-12(17-19)6-1-2-7-16-14(18)10-4-3-5-11-13(10)21-9-8-20-11/h3-5,19H,1-2,6-9H2,(H2,15,17)(H,16,18). The second-order valence-electron chi connectivity index (χ2n) is 4.63. The lowest BCUT2D eigenvalue weighted by Crippen LogP contribution is -2.26. The van der Waals surface area contributed by atoms with E-state index in [2.05, 4.69) is 10.5 Å². The molecule has 1 aromatic rings. The first-order valence-corrected chi connectivity index (χ1v) is 6.85. The van der Waals surface area contributed by atoms with Gasteiger partial charge in [0, 0.05) is 13.0 Å². The van der Waals surface area contributed by atoms with Crippen molar-refractivity contribution in [3.8, 4) is 11.5 Å². The second kappa shape index (κ2) is 7.37. The van der Waals surface area contributed by atoms with Gasteiger partial charge in [-0.1, -0.05) is 11.2 Å². The number of amides is 1. The van der Waals surface area contributed by atoms with E-state index in [4.69, 9.17) is 20.4 Å². The van der Waals surface area contributed by atoms with E-state index in [9.17, 15) is 4.79 Å². The fraction of sp³-hybridized carbons (Fsp3) is 0.429. The predicted molar refractivity (Wildman–Crippen MR) is 77.0 cm³/mol. The number of unbranched alkanes of at least 4 members (excludes halogenated alkanes) is 1. The number of carbonyl (C=O) groups is 1. The number of ether oxygens (including phenoxy) is 2. The molecule has 1 amide bonds. The molecule has 0 saturated heterocycles. The van der Waals surface area contributed by atoms with E-state index >= 15 is 0 Å². The van der Waals surface area contributed by atoms with E-state index < -0.39 is 0 Å². The van der Waals surface area contributed by atoms with Crippen molar-refractivity contribution in [1.82, 2.24) is 5.32 Å². The van der Waals surface area contributed by atoms with Crippen LogP contribution in [-0.4, -0.2) is 36.7 Å². The predicted octanol–water partition coefficient (Wildman–Crippen LogP) is 1.10. The number of nitrogens with two attached hydrogens (primary N) is 1. The zero-order valence-electron chi connectivity index (χ0n) is 11.7. The average molecular weight is 293 g/mol. The monoisotopic (exact) mass is 293 g/mol. The second-order valence-corrected chi connectivity index (χ2v) is 4.63. The molecule has 0 fully saturated rings. The molecule has 0 radical (unpaired) electrons. The van der Waals surface area contributed by atoms with E-state index in [1.807, 2.05) is 0 Å². The molecule has 7 heteroatoms. The van der Waals surface area contributed by atoms with Gasteiger partial charge in [-0.2, -0.15) is 0 Å². The summed E-state index contributed by atoms with van der Waals surface area (Å²) < 4.78 is 10.9. The number of hydrogen-bond donors (Lipinski definition) is 3. The number of hydrogen-bond acceptors (Lipinski definition) is 5. The Labute approximate surface area is 122 Å². The molecular weight excluding hydrogens is 274 g/mol. The molecule has 1 aromatic carbocycles. The minimum atomic E-state index is -0.193. The first kappa shape index (κ1) is 15.0.